The highest BCUT2D eigenvalue weighted by molar-refractivity contribution is 8.26. The van der Waals surface area contributed by atoms with Crippen molar-refractivity contribution in [1.29, 1.82) is 0 Å². The molecule has 0 atom stereocenters. The number of carbonyl (C=O) groups excluding carboxylic acids is 2. The number of carbonyl (C=O) groups is 2. The van der Waals surface area contributed by atoms with E-state index >= 15 is 0 Å². The van der Waals surface area contributed by atoms with Crippen molar-refractivity contribution in [3.63, 3.8) is 0 Å². The highest BCUT2D eigenvalue weighted by atomic mass is 32.2. The number of thioether (sulfide) groups is 1. The number of phenols is 1. The highest BCUT2D eigenvalue weighted by Gasteiger charge is 2.34. The predicted octanol–water partition coefficient (Wildman–Crippen LogP) is 2.33. The molecule has 1 saturated heterocycles. The molecule has 1 aromatic carbocycles. The molecule has 2 N–H and O–H groups in total. The second-order valence-electron chi connectivity index (χ2n) is 4.76. The zero-order valence-electron chi connectivity index (χ0n) is 12.2. The van der Waals surface area contributed by atoms with E-state index in [0.717, 1.165) is 22.3 Å². The molecule has 2 heterocycles. The first kappa shape index (κ1) is 16.2. The molecule has 0 spiro atoms. The van der Waals surface area contributed by atoms with E-state index in [1.54, 1.807) is 42.7 Å². The first-order valence-electron chi connectivity index (χ1n) is 6.83. The number of hydrogen-bond acceptors (Lipinski definition) is 6. The van der Waals surface area contributed by atoms with Gasteiger partial charge in [-0.05, 0) is 48.1 Å². The maximum absolute atomic E-state index is 12.4. The standard InChI is InChI=1S/C16H11N3O3S2/c20-12-4-2-1-3-11(12)14(21)18-19-15(22)13(24-16(19)23)9-10-5-7-17-8-6-10/h1-9,20H,(H,18,21)/b13-9-. The molecule has 0 unspecified atom stereocenters. The van der Waals surface area contributed by atoms with Crippen molar-refractivity contribution in [1.82, 2.24) is 15.4 Å². The maximum Gasteiger partial charge on any atom is 0.285 e. The normalized spacial score (nSPS) is 15.8. The van der Waals surface area contributed by atoms with Crippen LogP contribution in [0, 0.1) is 0 Å². The van der Waals surface area contributed by atoms with Gasteiger partial charge in [0.05, 0.1) is 10.5 Å². The van der Waals surface area contributed by atoms with Gasteiger partial charge in [0.25, 0.3) is 11.8 Å². The van der Waals surface area contributed by atoms with Gasteiger partial charge >= 0.3 is 0 Å². The van der Waals surface area contributed by atoms with Crippen molar-refractivity contribution < 1.29 is 14.7 Å². The third-order valence-electron chi connectivity index (χ3n) is 3.16. The molecule has 24 heavy (non-hydrogen) atoms. The van der Waals surface area contributed by atoms with Gasteiger partial charge in [0.2, 0.25) is 0 Å². The summed E-state index contributed by atoms with van der Waals surface area (Å²) in [5.74, 6) is -1.21. The maximum atomic E-state index is 12.4. The molecule has 0 saturated carbocycles. The minimum absolute atomic E-state index is 0.0599. The van der Waals surface area contributed by atoms with E-state index in [4.69, 9.17) is 12.2 Å². The number of hydrazine groups is 1. The van der Waals surface area contributed by atoms with E-state index in [2.05, 4.69) is 10.4 Å². The molecule has 1 fully saturated rings. The molecule has 1 aliphatic heterocycles. The van der Waals surface area contributed by atoms with E-state index in [0.29, 0.717) is 4.91 Å². The van der Waals surface area contributed by atoms with Crippen LogP contribution >= 0.6 is 24.0 Å². The summed E-state index contributed by atoms with van der Waals surface area (Å²) in [5.41, 5.74) is 3.28. The third kappa shape index (κ3) is 3.29. The number of thiocarbonyl (C=S) groups is 1. The summed E-state index contributed by atoms with van der Waals surface area (Å²) in [6.07, 6.45) is 4.91. The molecular weight excluding hydrogens is 346 g/mol. The molecule has 1 aliphatic rings. The van der Waals surface area contributed by atoms with Crippen molar-refractivity contribution in [2.45, 2.75) is 0 Å². The van der Waals surface area contributed by atoms with Crippen LogP contribution in [0.1, 0.15) is 15.9 Å². The molecule has 120 valence electrons. The van der Waals surface area contributed by atoms with Crippen LogP contribution in [0.2, 0.25) is 0 Å². The lowest BCUT2D eigenvalue weighted by Crippen LogP contribution is -2.44. The van der Waals surface area contributed by atoms with Gasteiger partial charge in [0, 0.05) is 12.4 Å². The Balaban J connectivity index is 1.79. The highest BCUT2D eigenvalue weighted by Crippen LogP contribution is 2.31. The molecule has 2 aromatic rings. The quantitative estimate of drug-likeness (QED) is 0.648. The van der Waals surface area contributed by atoms with E-state index < -0.39 is 11.8 Å². The number of nitrogens with zero attached hydrogens (tertiary/aromatic N) is 2. The molecule has 0 radical (unpaired) electrons. The lowest BCUT2D eigenvalue weighted by atomic mass is 10.2. The molecule has 2 amide bonds. The van der Waals surface area contributed by atoms with Gasteiger partial charge < -0.3 is 5.11 Å². The lowest BCUT2D eigenvalue weighted by molar-refractivity contribution is -0.123. The molecule has 6 nitrogen and oxygen atoms in total. The summed E-state index contributed by atoms with van der Waals surface area (Å²) in [5, 5.41) is 10.7. The summed E-state index contributed by atoms with van der Waals surface area (Å²) in [4.78, 5) is 28.9. The van der Waals surface area contributed by atoms with Crippen molar-refractivity contribution >= 4 is 46.2 Å². The predicted molar refractivity (Wildman–Crippen MR) is 94.8 cm³/mol. The number of phenolic OH excluding ortho intramolecular Hbond substituents is 1. The van der Waals surface area contributed by atoms with Gasteiger partial charge in [-0.15, -0.1) is 0 Å². The van der Waals surface area contributed by atoms with Gasteiger partial charge in [0.15, 0.2) is 4.32 Å². The SMILES string of the molecule is O=C(NN1C(=O)/C(=C/c2ccncc2)SC1=S)c1ccccc1O. The molecule has 0 aliphatic carbocycles. The van der Waals surface area contributed by atoms with Crippen LogP contribution in [0.3, 0.4) is 0 Å². The van der Waals surface area contributed by atoms with Crippen LogP contribution in [0.25, 0.3) is 6.08 Å². The fourth-order valence-electron chi connectivity index (χ4n) is 2.00. The third-order valence-corrected chi connectivity index (χ3v) is 4.46. The summed E-state index contributed by atoms with van der Waals surface area (Å²) >= 11 is 6.24. The Morgan fingerprint density at radius 3 is 2.67 bits per heavy atom. The number of aromatic hydroxyl groups is 1. The Hall–Kier alpha value is -2.71. The average Bonchev–Trinajstić information content (AvgIpc) is 2.83. The number of rotatable bonds is 3. The van der Waals surface area contributed by atoms with Crippen LogP contribution in [-0.2, 0) is 4.79 Å². The number of nitrogens with one attached hydrogen (secondary N) is 1. The molecule has 1 aromatic heterocycles. The van der Waals surface area contributed by atoms with Crippen molar-refractivity contribution in [2.24, 2.45) is 0 Å². The van der Waals surface area contributed by atoms with Gasteiger partial charge in [-0.3, -0.25) is 20.0 Å². The second-order valence-corrected chi connectivity index (χ2v) is 6.43. The van der Waals surface area contributed by atoms with E-state index in [1.807, 2.05) is 0 Å². The topological polar surface area (TPSA) is 82.5 Å². The first-order chi connectivity index (χ1) is 11.6. The van der Waals surface area contributed by atoms with Crippen LogP contribution in [0.5, 0.6) is 5.75 Å². The van der Waals surface area contributed by atoms with Gasteiger partial charge in [-0.25, -0.2) is 0 Å². The Kier molecular flexibility index (Phi) is 4.59. The fraction of sp³-hybridized carbons (Fsp3) is 0. The largest absolute Gasteiger partial charge is 0.507 e. The van der Waals surface area contributed by atoms with Crippen LogP contribution in [-0.4, -0.2) is 31.2 Å². The smallest absolute Gasteiger partial charge is 0.285 e. The van der Waals surface area contributed by atoms with Crippen molar-refractivity contribution in [3.8, 4) is 5.75 Å². The monoisotopic (exact) mass is 357 g/mol. The summed E-state index contributed by atoms with van der Waals surface area (Å²) in [6.45, 7) is 0. The number of aromatic nitrogens is 1. The minimum atomic E-state index is -0.616. The fourth-order valence-corrected chi connectivity index (χ4v) is 3.18. The van der Waals surface area contributed by atoms with Crippen molar-refractivity contribution in [3.05, 3.63) is 64.8 Å². The Labute approximate surface area is 147 Å². The first-order valence-corrected chi connectivity index (χ1v) is 8.05. The second kappa shape index (κ2) is 6.81. The molecular formula is C16H11N3O3S2. The zero-order valence-corrected chi connectivity index (χ0v) is 13.8. The Morgan fingerprint density at radius 2 is 1.96 bits per heavy atom. The van der Waals surface area contributed by atoms with Crippen LogP contribution in [0.15, 0.2) is 53.7 Å². The summed E-state index contributed by atoms with van der Waals surface area (Å²) in [6, 6.07) is 9.57. The molecule has 8 heteroatoms. The summed E-state index contributed by atoms with van der Waals surface area (Å²) in [7, 11) is 0. The van der Waals surface area contributed by atoms with E-state index in [9.17, 15) is 14.7 Å². The number of benzene rings is 1. The number of amides is 2. The zero-order chi connectivity index (χ0) is 17.1. The van der Waals surface area contributed by atoms with Crippen molar-refractivity contribution in [2.75, 3.05) is 0 Å². The van der Waals surface area contributed by atoms with Gasteiger partial charge in [-0.2, -0.15) is 5.01 Å². The lowest BCUT2D eigenvalue weighted by Gasteiger charge is -2.16. The van der Waals surface area contributed by atoms with Crippen LogP contribution in [0.4, 0.5) is 0 Å². The number of pyridine rings is 1. The van der Waals surface area contributed by atoms with Crippen LogP contribution < -0.4 is 5.43 Å². The molecule has 0 bridgehead atoms. The minimum Gasteiger partial charge on any atom is -0.507 e. The number of hydrogen-bond donors (Lipinski definition) is 2. The van der Waals surface area contributed by atoms with E-state index in [1.165, 1.54) is 12.1 Å². The average molecular weight is 357 g/mol. The summed E-state index contributed by atoms with van der Waals surface area (Å²) < 4.78 is 0.212. The molecule has 3 rings (SSSR count). The Bertz CT molecular complexity index is 853. The van der Waals surface area contributed by atoms with Gasteiger partial charge in [0.1, 0.15) is 5.75 Å². The van der Waals surface area contributed by atoms with Gasteiger partial charge in [-0.1, -0.05) is 23.9 Å². The van der Waals surface area contributed by atoms with E-state index in [-0.39, 0.29) is 15.6 Å². The number of para-hydroxylation sites is 1. The Morgan fingerprint density at radius 1 is 1.25 bits per heavy atom.